The van der Waals surface area contributed by atoms with Crippen molar-refractivity contribution < 1.29 is 28.5 Å². The number of esters is 2. The van der Waals surface area contributed by atoms with E-state index in [1.54, 1.807) is 0 Å². The first kappa shape index (κ1) is 54.8. The number of carbonyl (C=O) groups is 2. The molecule has 1 aromatic carbocycles. The molecule has 0 fully saturated rings. The second-order valence-electron chi connectivity index (χ2n) is 17.6. The number of benzene rings is 1. The van der Waals surface area contributed by atoms with Crippen LogP contribution in [0.2, 0.25) is 0 Å². The molecule has 0 saturated heterocycles. The Labute approximate surface area is 365 Å². The molecule has 0 spiro atoms. The van der Waals surface area contributed by atoms with Gasteiger partial charge < -0.3 is 18.9 Å². The van der Waals surface area contributed by atoms with E-state index >= 15 is 0 Å². The number of hydrogen-bond acceptors (Lipinski definition) is 6. The maximum atomic E-state index is 12.0. The maximum absolute atomic E-state index is 12.0. The van der Waals surface area contributed by atoms with Gasteiger partial charge >= 0.3 is 11.9 Å². The van der Waals surface area contributed by atoms with Crippen molar-refractivity contribution in [2.45, 2.75) is 265 Å². The zero-order valence-electron chi connectivity index (χ0n) is 39.4. The number of ether oxygens (including phenoxy) is 4. The predicted octanol–water partition coefficient (Wildman–Crippen LogP) is 16.7. The molecule has 0 amide bonds. The Hall–Kier alpha value is -2.24. The first-order valence-corrected chi connectivity index (χ1v) is 25.7. The summed E-state index contributed by atoms with van der Waals surface area (Å²) in [5.74, 6) is 1.71. The molecule has 6 nitrogen and oxygen atoms in total. The summed E-state index contributed by atoms with van der Waals surface area (Å²) in [6.07, 6.45) is 45.6. The molecule has 0 heterocycles. The van der Waals surface area contributed by atoms with Crippen molar-refractivity contribution in [3.05, 3.63) is 23.8 Å². The first-order valence-electron chi connectivity index (χ1n) is 25.7. The van der Waals surface area contributed by atoms with Crippen molar-refractivity contribution in [2.75, 3.05) is 26.4 Å². The SMILES string of the molecule is CCCCCCCCCCCCOC(=O)CCCCCCCCCCOc1ccc(C)cc1OCCCCCCCCCCC(=O)OCCCCCCCCCCCC. The smallest absolute Gasteiger partial charge is 0.305 e. The minimum absolute atomic E-state index is 0.0110. The molecule has 344 valence electrons. The van der Waals surface area contributed by atoms with Gasteiger partial charge in [-0.3, -0.25) is 9.59 Å². The van der Waals surface area contributed by atoms with Gasteiger partial charge in [0.1, 0.15) is 0 Å². The van der Waals surface area contributed by atoms with Crippen molar-refractivity contribution in [3.63, 3.8) is 0 Å². The van der Waals surface area contributed by atoms with E-state index < -0.39 is 0 Å². The maximum Gasteiger partial charge on any atom is 0.305 e. The standard InChI is InChI=1S/C53H96O6/c1-4-6-8-10-12-14-18-26-32-38-46-58-52(54)40-34-28-22-16-20-24-30-36-44-56-50-43-42-49(3)48-51(50)57-45-37-31-25-21-17-23-29-35-41-53(55)59-47-39-33-27-19-15-13-11-9-7-5-2/h42-43,48H,4-41,44-47H2,1-3H3. The van der Waals surface area contributed by atoms with Gasteiger partial charge in [0.25, 0.3) is 0 Å². The lowest BCUT2D eigenvalue weighted by Gasteiger charge is -2.13. The summed E-state index contributed by atoms with van der Waals surface area (Å²) in [6, 6.07) is 6.25. The Bertz CT molecular complexity index is 1060. The van der Waals surface area contributed by atoms with Gasteiger partial charge in [-0.05, 0) is 63.1 Å². The van der Waals surface area contributed by atoms with Gasteiger partial charge in [-0.2, -0.15) is 0 Å². The summed E-state index contributed by atoms with van der Waals surface area (Å²) in [4.78, 5) is 24.1. The summed E-state index contributed by atoms with van der Waals surface area (Å²) in [5.41, 5.74) is 1.19. The molecule has 0 unspecified atom stereocenters. The lowest BCUT2D eigenvalue weighted by molar-refractivity contribution is -0.144. The Morgan fingerprint density at radius 3 is 1.00 bits per heavy atom. The van der Waals surface area contributed by atoms with Gasteiger partial charge in [0.15, 0.2) is 11.5 Å². The van der Waals surface area contributed by atoms with E-state index in [9.17, 15) is 9.59 Å². The van der Waals surface area contributed by atoms with Gasteiger partial charge in [0.2, 0.25) is 0 Å². The minimum Gasteiger partial charge on any atom is -0.490 e. The lowest BCUT2D eigenvalue weighted by Crippen LogP contribution is -2.05. The van der Waals surface area contributed by atoms with Crippen molar-refractivity contribution in [2.24, 2.45) is 0 Å². The van der Waals surface area contributed by atoms with Crippen LogP contribution in [0, 0.1) is 6.92 Å². The fourth-order valence-corrected chi connectivity index (χ4v) is 7.77. The van der Waals surface area contributed by atoms with Gasteiger partial charge in [-0.25, -0.2) is 0 Å². The number of aryl methyl sites for hydroxylation is 1. The van der Waals surface area contributed by atoms with Crippen LogP contribution in [0.25, 0.3) is 0 Å². The fraction of sp³-hybridized carbons (Fsp3) is 0.849. The topological polar surface area (TPSA) is 71.1 Å². The van der Waals surface area contributed by atoms with Crippen molar-refractivity contribution in [1.82, 2.24) is 0 Å². The Morgan fingerprint density at radius 1 is 0.356 bits per heavy atom. The molecule has 0 aromatic heterocycles. The molecule has 1 aromatic rings. The zero-order chi connectivity index (χ0) is 42.5. The summed E-state index contributed by atoms with van der Waals surface area (Å²) < 4.78 is 23.2. The molecule has 0 N–H and O–H groups in total. The van der Waals surface area contributed by atoms with Crippen molar-refractivity contribution in [3.8, 4) is 11.5 Å². The average Bonchev–Trinajstić information content (AvgIpc) is 3.23. The van der Waals surface area contributed by atoms with Crippen LogP contribution in [-0.2, 0) is 19.1 Å². The summed E-state index contributed by atoms with van der Waals surface area (Å²) in [5, 5.41) is 0. The van der Waals surface area contributed by atoms with E-state index in [0.717, 1.165) is 76.1 Å². The van der Waals surface area contributed by atoms with E-state index in [1.165, 1.54) is 185 Å². The number of carbonyl (C=O) groups excluding carboxylic acids is 2. The molecule has 0 bridgehead atoms. The summed E-state index contributed by atoms with van der Waals surface area (Å²) in [7, 11) is 0. The second kappa shape index (κ2) is 43.8. The molecule has 6 heteroatoms. The van der Waals surface area contributed by atoms with Crippen LogP contribution in [0.1, 0.15) is 263 Å². The molecule has 0 aliphatic carbocycles. The van der Waals surface area contributed by atoms with E-state index in [0.29, 0.717) is 26.1 Å². The molecular formula is C53H96O6. The lowest BCUT2D eigenvalue weighted by atomic mass is 10.1. The van der Waals surface area contributed by atoms with Crippen LogP contribution >= 0.6 is 0 Å². The molecule has 0 atom stereocenters. The number of rotatable bonds is 46. The minimum atomic E-state index is -0.0110. The summed E-state index contributed by atoms with van der Waals surface area (Å²) >= 11 is 0. The molecule has 0 radical (unpaired) electrons. The molecule has 59 heavy (non-hydrogen) atoms. The van der Waals surface area contributed by atoms with E-state index in [1.807, 2.05) is 0 Å². The first-order chi connectivity index (χ1) is 29.1. The molecule has 0 aliphatic rings. The Balaban J connectivity index is 1.91. The highest BCUT2D eigenvalue weighted by Gasteiger charge is 2.07. The predicted molar refractivity (Wildman–Crippen MR) is 251 cm³/mol. The second-order valence-corrected chi connectivity index (χ2v) is 17.6. The monoisotopic (exact) mass is 829 g/mol. The van der Waals surface area contributed by atoms with Crippen LogP contribution in [0.15, 0.2) is 18.2 Å². The fourth-order valence-electron chi connectivity index (χ4n) is 7.77. The average molecular weight is 829 g/mol. The normalized spacial score (nSPS) is 11.2. The highest BCUT2D eigenvalue weighted by molar-refractivity contribution is 5.69. The highest BCUT2D eigenvalue weighted by atomic mass is 16.5. The molecule has 0 saturated carbocycles. The third-order valence-corrected chi connectivity index (χ3v) is 11.7. The van der Waals surface area contributed by atoms with Crippen LogP contribution < -0.4 is 9.47 Å². The highest BCUT2D eigenvalue weighted by Crippen LogP contribution is 2.29. The third-order valence-electron chi connectivity index (χ3n) is 11.7. The van der Waals surface area contributed by atoms with Gasteiger partial charge in [0.05, 0.1) is 26.4 Å². The van der Waals surface area contributed by atoms with Gasteiger partial charge in [-0.15, -0.1) is 0 Å². The Morgan fingerprint density at radius 2 is 0.644 bits per heavy atom. The van der Waals surface area contributed by atoms with Gasteiger partial charge in [0, 0.05) is 12.8 Å². The largest absolute Gasteiger partial charge is 0.490 e. The molecule has 0 aliphatic heterocycles. The molecular weight excluding hydrogens is 733 g/mol. The van der Waals surface area contributed by atoms with Crippen molar-refractivity contribution in [1.29, 1.82) is 0 Å². The van der Waals surface area contributed by atoms with Crippen LogP contribution in [0.3, 0.4) is 0 Å². The van der Waals surface area contributed by atoms with E-state index in [-0.39, 0.29) is 11.9 Å². The van der Waals surface area contributed by atoms with Crippen molar-refractivity contribution >= 4 is 11.9 Å². The van der Waals surface area contributed by atoms with Crippen LogP contribution in [-0.4, -0.2) is 38.4 Å². The quantitative estimate of drug-likeness (QED) is 0.0481. The third kappa shape index (κ3) is 38.4. The van der Waals surface area contributed by atoms with Crippen LogP contribution in [0.4, 0.5) is 0 Å². The number of unbranched alkanes of at least 4 members (excludes halogenated alkanes) is 32. The zero-order valence-corrected chi connectivity index (χ0v) is 39.4. The van der Waals surface area contributed by atoms with E-state index in [4.69, 9.17) is 18.9 Å². The Kier molecular flexibility index (Phi) is 40.7. The number of hydrogen-bond donors (Lipinski definition) is 0. The summed E-state index contributed by atoms with van der Waals surface area (Å²) in [6.45, 7) is 9.28. The van der Waals surface area contributed by atoms with E-state index in [2.05, 4.69) is 39.0 Å². The van der Waals surface area contributed by atoms with Gasteiger partial charge in [-0.1, -0.05) is 213 Å². The molecule has 1 rings (SSSR count). The van der Waals surface area contributed by atoms with Crippen LogP contribution in [0.5, 0.6) is 11.5 Å².